The smallest absolute Gasteiger partial charge is 0.360 e. The zero-order valence-electron chi connectivity index (χ0n) is 17.1. The van der Waals surface area contributed by atoms with Crippen molar-refractivity contribution in [2.75, 3.05) is 13.2 Å². The molecule has 0 spiro atoms. The van der Waals surface area contributed by atoms with Crippen LogP contribution >= 0.6 is 0 Å². The lowest BCUT2D eigenvalue weighted by Crippen LogP contribution is -2.37. The minimum Gasteiger partial charge on any atom is -0.448 e. The van der Waals surface area contributed by atoms with Crippen LogP contribution in [0.25, 0.3) is 10.8 Å². The van der Waals surface area contributed by atoms with E-state index >= 15 is 0 Å². The molecule has 3 rings (SSSR count). The summed E-state index contributed by atoms with van der Waals surface area (Å²) >= 11 is 0. The highest BCUT2D eigenvalue weighted by Gasteiger charge is 2.23. The predicted octanol–water partition coefficient (Wildman–Crippen LogP) is 1.94. The number of ether oxygens (including phenoxy) is 1. The summed E-state index contributed by atoms with van der Waals surface area (Å²) in [5.41, 5.74) is 0.887. The zero-order chi connectivity index (χ0) is 21.5. The Morgan fingerprint density at radius 1 is 1.27 bits per heavy atom. The molecule has 0 fully saturated rings. The molecule has 0 aliphatic heterocycles. The minimum atomic E-state index is -1.00. The molecule has 0 saturated heterocycles. The van der Waals surface area contributed by atoms with E-state index in [1.54, 1.807) is 24.3 Å². The van der Waals surface area contributed by atoms with Gasteiger partial charge >= 0.3 is 5.97 Å². The van der Waals surface area contributed by atoms with Crippen LogP contribution in [0.5, 0.6) is 0 Å². The molecule has 0 unspecified atom stereocenters. The molecule has 1 atom stereocenters. The third-order valence-electron chi connectivity index (χ3n) is 5.16. The van der Waals surface area contributed by atoms with Gasteiger partial charge in [-0.2, -0.15) is 5.10 Å². The van der Waals surface area contributed by atoms with Gasteiger partial charge in [0.1, 0.15) is 0 Å². The highest BCUT2D eigenvalue weighted by molar-refractivity contribution is 6.02. The molecule has 1 heterocycles. The first-order valence-corrected chi connectivity index (χ1v) is 10.3. The number of aliphatic hydroxyl groups excluding tert-OH is 1. The molecule has 1 aromatic heterocycles. The third-order valence-corrected chi connectivity index (χ3v) is 5.16. The number of allylic oxidation sites excluding steroid dienone is 1. The topological polar surface area (TPSA) is 111 Å². The van der Waals surface area contributed by atoms with Crippen molar-refractivity contribution in [3.05, 3.63) is 52.0 Å². The summed E-state index contributed by atoms with van der Waals surface area (Å²) in [5, 5.41) is 16.7. The zero-order valence-corrected chi connectivity index (χ0v) is 17.1. The van der Waals surface area contributed by atoms with Crippen LogP contribution in [-0.4, -0.2) is 46.0 Å². The maximum Gasteiger partial charge on any atom is 0.360 e. The maximum absolute atomic E-state index is 12.7. The van der Waals surface area contributed by atoms with Gasteiger partial charge in [0.25, 0.3) is 11.5 Å². The van der Waals surface area contributed by atoms with Gasteiger partial charge in [0.2, 0.25) is 0 Å². The number of aliphatic hydroxyl groups is 1. The van der Waals surface area contributed by atoms with E-state index in [0.717, 1.165) is 23.9 Å². The third kappa shape index (κ3) is 5.13. The number of hydrogen-bond acceptors (Lipinski definition) is 6. The Balaban J connectivity index is 1.68. The number of hydrogen-bond donors (Lipinski definition) is 2. The molecule has 2 aromatic rings. The lowest BCUT2D eigenvalue weighted by Gasteiger charge is -2.16. The number of rotatable bonds is 8. The van der Waals surface area contributed by atoms with Crippen molar-refractivity contribution in [2.45, 2.75) is 51.7 Å². The van der Waals surface area contributed by atoms with Gasteiger partial charge in [0, 0.05) is 11.9 Å². The SMILES string of the molecule is C[C@H](OC(=O)c1nn(CCO)c(=O)c2ccccc12)C(=O)NCCC1=CCCCC1. The minimum absolute atomic E-state index is 0.0458. The summed E-state index contributed by atoms with van der Waals surface area (Å²) in [6.45, 7) is 1.65. The number of nitrogens with zero attached hydrogens (tertiary/aromatic N) is 2. The van der Waals surface area contributed by atoms with Gasteiger partial charge in [-0.15, -0.1) is 0 Å². The monoisotopic (exact) mass is 413 g/mol. The van der Waals surface area contributed by atoms with Crippen LogP contribution in [0.4, 0.5) is 0 Å². The van der Waals surface area contributed by atoms with E-state index < -0.39 is 17.6 Å². The second-order valence-corrected chi connectivity index (χ2v) is 7.34. The normalized spacial score (nSPS) is 14.8. The molecule has 0 saturated carbocycles. The van der Waals surface area contributed by atoms with Gasteiger partial charge in [-0.3, -0.25) is 9.59 Å². The standard InChI is InChI=1S/C22H27N3O5/c1-15(20(27)23-12-11-16-7-3-2-4-8-16)30-22(29)19-17-9-5-6-10-18(17)21(28)25(24-19)13-14-26/h5-7,9-10,15,26H,2-4,8,11-14H2,1H3,(H,23,27)/t15-/m0/s1. The van der Waals surface area contributed by atoms with E-state index in [0.29, 0.717) is 17.3 Å². The predicted molar refractivity (Wildman–Crippen MR) is 112 cm³/mol. The fourth-order valence-corrected chi connectivity index (χ4v) is 3.52. The number of carbonyl (C=O) groups excluding carboxylic acids is 2. The van der Waals surface area contributed by atoms with Crippen molar-refractivity contribution in [3.63, 3.8) is 0 Å². The first kappa shape index (κ1) is 21.7. The van der Waals surface area contributed by atoms with Crippen LogP contribution < -0.4 is 10.9 Å². The Bertz CT molecular complexity index is 1010. The van der Waals surface area contributed by atoms with E-state index in [4.69, 9.17) is 9.84 Å². The average Bonchev–Trinajstić information content (AvgIpc) is 2.76. The van der Waals surface area contributed by atoms with Crippen LogP contribution in [0.3, 0.4) is 0 Å². The maximum atomic E-state index is 12.7. The van der Waals surface area contributed by atoms with Crippen LogP contribution in [-0.2, 0) is 16.1 Å². The molecular weight excluding hydrogens is 386 g/mol. The summed E-state index contributed by atoms with van der Waals surface area (Å²) in [7, 11) is 0. The molecule has 1 aromatic carbocycles. The van der Waals surface area contributed by atoms with Crippen LogP contribution in [0.2, 0.25) is 0 Å². The molecule has 8 nitrogen and oxygen atoms in total. The molecule has 1 amide bonds. The first-order valence-electron chi connectivity index (χ1n) is 10.3. The fraction of sp³-hybridized carbons (Fsp3) is 0.455. The van der Waals surface area contributed by atoms with Gasteiger partial charge < -0.3 is 15.2 Å². The van der Waals surface area contributed by atoms with Crippen molar-refractivity contribution >= 4 is 22.6 Å². The number of nitrogens with one attached hydrogen (secondary N) is 1. The summed E-state index contributed by atoms with van der Waals surface area (Å²) in [4.78, 5) is 37.5. The number of carbonyl (C=O) groups is 2. The number of fused-ring (bicyclic) bond motifs is 1. The number of aromatic nitrogens is 2. The van der Waals surface area contributed by atoms with Crippen molar-refractivity contribution in [1.82, 2.24) is 15.1 Å². The van der Waals surface area contributed by atoms with E-state index in [1.807, 2.05) is 0 Å². The number of benzene rings is 1. The summed E-state index contributed by atoms with van der Waals surface area (Å²) in [6.07, 6.45) is 6.60. The molecular formula is C22H27N3O5. The molecule has 0 radical (unpaired) electrons. The Kier molecular flexibility index (Phi) is 7.35. The number of esters is 1. The fourth-order valence-electron chi connectivity index (χ4n) is 3.52. The van der Waals surface area contributed by atoms with E-state index in [9.17, 15) is 14.4 Å². The Morgan fingerprint density at radius 3 is 2.73 bits per heavy atom. The van der Waals surface area contributed by atoms with Crippen LogP contribution in [0.15, 0.2) is 40.7 Å². The first-order chi connectivity index (χ1) is 14.5. The van der Waals surface area contributed by atoms with Gasteiger partial charge in [-0.25, -0.2) is 9.48 Å². The second kappa shape index (κ2) is 10.2. The van der Waals surface area contributed by atoms with Gasteiger partial charge in [-0.05, 0) is 45.1 Å². The van der Waals surface area contributed by atoms with Gasteiger partial charge in [-0.1, -0.05) is 29.8 Å². The summed E-state index contributed by atoms with van der Waals surface area (Å²) < 4.78 is 6.35. The van der Waals surface area contributed by atoms with Crippen molar-refractivity contribution < 1.29 is 19.4 Å². The van der Waals surface area contributed by atoms with Gasteiger partial charge in [0.05, 0.1) is 18.5 Å². The Hall–Kier alpha value is -3.00. The van der Waals surface area contributed by atoms with E-state index in [1.165, 1.54) is 25.3 Å². The van der Waals surface area contributed by atoms with E-state index in [2.05, 4.69) is 16.5 Å². The highest BCUT2D eigenvalue weighted by atomic mass is 16.5. The van der Waals surface area contributed by atoms with Crippen LogP contribution in [0, 0.1) is 0 Å². The highest BCUT2D eigenvalue weighted by Crippen LogP contribution is 2.19. The van der Waals surface area contributed by atoms with Crippen molar-refractivity contribution in [1.29, 1.82) is 0 Å². The largest absolute Gasteiger partial charge is 0.448 e. The Morgan fingerprint density at radius 2 is 2.03 bits per heavy atom. The van der Waals surface area contributed by atoms with E-state index in [-0.39, 0.29) is 24.8 Å². The lowest BCUT2D eigenvalue weighted by atomic mass is 9.97. The second-order valence-electron chi connectivity index (χ2n) is 7.34. The van der Waals surface area contributed by atoms with Gasteiger partial charge in [0.15, 0.2) is 11.8 Å². The summed E-state index contributed by atoms with van der Waals surface area (Å²) in [5.74, 6) is -1.18. The molecule has 0 bridgehead atoms. The lowest BCUT2D eigenvalue weighted by molar-refractivity contribution is -0.129. The molecule has 2 N–H and O–H groups in total. The molecule has 1 aliphatic rings. The molecule has 160 valence electrons. The summed E-state index contributed by atoms with van der Waals surface area (Å²) in [6, 6.07) is 6.55. The molecule has 30 heavy (non-hydrogen) atoms. The number of amides is 1. The Labute approximate surface area is 174 Å². The average molecular weight is 413 g/mol. The van der Waals surface area contributed by atoms with Crippen LogP contribution in [0.1, 0.15) is 49.5 Å². The van der Waals surface area contributed by atoms with Crippen molar-refractivity contribution in [3.8, 4) is 0 Å². The molecule has 1 aliphatic carbocycles. The van der Waals surface area contributed by atoms with Crippen molar-refractivity contribution in [2.24, 2.45) is 0 Å². The quantitative estimate of drug-likeness (QED) is 0.505. The molecule has 8 heteroatoms.